The Morgan fingerprint density at radius 3 is 2.95 bits per heavy atom. The summed E-state index contributed by atoms with van der Waals surface area (Å²) in [6.45, 7) is 2.52. The van der Waals surface area contributed by atoms with Gasteiger partial charge in [0.2, 0.25) is 0 Å². The summed E-state index contributed by atoms with van der Waals surface area (Å²) in [5, 5.41) is 7.63. The minimum atomic E-state index is -0.571. The Morgan fingerprint density at radius 1 is 1.50 bits per heavy atom. The Balaban J connectivity index is 2.16. The van der Waals surface area contributed by atoms with Crippen LogP contribution in [0.1, 0.15) is 17.4 Å². The van der Waals surface area contributed by atoms with Gasteiger partial charge in [-0.3, -0.25) is 4.79 Å². The molecule has 1 amide bonds. The Kier molecular flexibility index (Phi) is 5.19. The summed E-state index contributed by atoms with van der Waals surface area (Å²) in [6, 6.07) is 2.43. The molecule has 0 aromatic carbocycles. The van der Waals surface area contributed by atoms with Crippen LogP contribution in [0.25, 0.3) is 0 Å². The monoisotopic (exact) mass is 315 g/mol. The highest BCUT2D eigenvalue weighted by molar-refractivity contribution is 7.99. The van der Waals surface area contributed by atoms with Crippen molar-refractivity contribution >= 4 is 35.2 Å². The van der Waals surface area contributed by atoms with E-state index >= 15 is 0 Å². The van der Waals surface area contributed by atoms with Gasteiger partial charge in [-0.1, -0.05) is 11.6 Å². The SMILES string of the molecule is CCOC(=O)C1CSCCN1C(=O)c1ccc(Cl)nn1. The van der Waals surface area contributed by atoms with Gasteiger partial charge in [0.05, 0.1) is 6.61 Å². The van der Waals surface area contributed by atoms with Crippen molar-refractivity contribution in [2.24, 2.45) is 0 Å². The molecule has 0 bridgehead atoms. The molecule has 0 N–H and O–H groups in total. The molecule has 2 heterocycles. The maximum absolute atomic E-state index is 12.4. The number of rotatable bonds is 3. The molecule has 1 aliphatic heterocycles. The normalized spacial score (nSPS) is 18.7. The molecule has 1 aromatic heterocycles. The van der Waals surface area contributed by atoms with Gasteiger partial charge in [-0.15, -0.1) is 10.2 Å². The second kappa shape index (κ2) is 6.90. The summed E-state index contributed by atoms with van der Waals surface area (Å²) in [6.07, 6.45) is 0. The van der Waals surface area contributed by atoms with E-state index in [1.807, 2.05) is 0 Å². The van der Waals surface area contributed by atoms with Crippen LogP contribution in [0.4, 0.5) is 0 Å². The van der Waals surface area contributed by atoms with Crippen LogP contribution in [0.15, 0.2) is 12.1 Å². The number of hydrogen-bond acceptors (Lipinski definition) is 6. The molecule has 0 radical (unpaired) electrons. The van der Waals surface area contributed by atoms with E-state index in [2.05, 4.69) is 10.2 Å². The van der Waals surface area contributed by atoms with Gasteiger partial charge in [-0.2, -0.15) is 11.8 Å². The lowest BCUT2D eigenvalue weighted by Gasteiger charge is -2.33. The summed E-state index contributed by atoms with van der Waals surface area (Å²) in [5.74, 6) is 0.608. The quantitative estimate of drug-likeness (QED) is 0.782. The van der Waals surface area contributed by atoms with Gasteiger partial charge in [0.25, 0.3) is 5.91 Å². The van der Waals surface area contributed by atoms with E-state index in [1.54, 1.807) is 18.7 Å². The van der Waals surface area contributed by atoms with Crippen molar-refractivity contribution in [2.45, 2.75) is 13.0 Å². The molecule has 0 aliphatic carbocycles. The molecule has 1 saturated heterocycles. The minimum absolute atomic E-state index is 0.176. The Morgan fingerprint density at radius 2 is 2.30 bits per heavy atom. The molecule has 1 aliphatic rings. The first-order valence-corrected chi connectivity index (χ1v) is 7.71. The van der Waals surface area contributed by atoms with Crippen LogP contribution >= 0.6 is 23.4 Å². The number of carbonyl (C=O) groups excluding carboxylic acids is 2. The zero-order valence-corrected chi connectivity index (χ0v) is 12.5. The molecule has 8 heteroatoms. The fraction of sp³-hybridized carbons (Fsp3) is 0.500. The van der Waals surface area contributed by atoms with Crippen molar-refractivity contribution in [3.8, 4) is 0 Å². The first kappa shape index (κ1) is 15.1. The van der Waals surface area contributed by atoms with Crippen LogP contribution in [0.5, 0.6) is 0 Å². The van der Waals surface area contributed by atoms with Crippen LogP contribution in [0.2, 0.25) is 5.15 Å². The lowest BCUT2D eigenvalue weighted by atomic mass is 10.2. The molecule has 20 heavy (non-hydrogen) atoms. The zero-order valence-electron chi connectivity index (χ0n) is 10.9. The minimum Gasteiger partial charge on any atom is -0.464 e. The topological polar surface area (TPSA) is 72.4 Å². The van der Waals surface area contributed by atoms with Crippen LogP contribution in [-0.4, -0.2) is 57.7 Å². The molecule has 1 atom stereocenters. The molecule has 6 nitrogen and oxygen atoms in total. The number of aromatic nitrogens is 2. The molecule has 0 spiro atoms. The summed E-state index contributed by atoms with van der Waals surface area (Å²) < 4.78 is 5.01. The highest BCUT2D eigenvalue weighted by Crippen LogP contribution is 2.19. The van der Waals surface area contributed by atoms with Crippen molar-refractivity contribution < 1.29 is 14.3 Å². The third kappa shape index (κ3) is 3.40. The van der Waals surface area contributed by atoms with Gasteiger partial charge in [0, 0.05) is 18.1 Å². The number of halogens is 1. The van der Waals surface area contributed by atoms with Gasteiger partial charge in [-0.25, -0.2) is 4.79 Å². The number of ether oxygens (including phenoxy) is 1. The number of esters is 1. The Bertz CT molecular complexity index is 497. The summed E-state index contributed by atoms with van der Waals surface area (Å²) in [7, 11) is 0. The van der Waals surface area contributed by atoms with Gasteiger partial charge in [0.15, 0.2) is 10.8 Å². The molecule has 0 saturated carbocycles. The number of nitrogens with zero attached hydrogens (tertiary/aromatic N) is 3. The summed E-state index contributed by atoms with van der Waals surface area (Å²) >= 11 is 7.27. The van der Waals surface area contributed by atoms with Crippen molar-refractivity contribution in [3.05, 3.63) is 23.0 Å². The van der Waals surface area contributed by atoms with Crippen molar-refractivity contribution in [1.82, 2.24) is 15.1 Å². The molecular formula is C12H14ClN3O3S. The van der Waals surface area contributed by atoms with E-state index in [4.69, 9.17) is 16.3 Å². The maximum atomic E-state index is 12.4. The standard InChI is InChI=1S/C12H14ClN3O3S/c1-2-19-12(18)9-7-20-6-5-16(9)11(17)8-3-4-10(13)15-14-8/h3-4,9H,2,5-7H2,1H3. The molecule has 2 rings (SSSR count). The van der Waals surface area contributed by atoms with Crippen LogP contribution in [-0.2, 0) is 9.53 Å². The number of amides is 1. The third-order valence-corrected chi connectivity index (χ3v) is 4.02. The molecule has 1 aromatic rings. The lowest BCUT2D eigenvalue weighted by molar-refractivity contribution is -0.147. The summed E-state index contributed by atoms with van der Waals surface area (Å²) in [5.41, 5.74) is 0.176. The second-order valence-electron chi connectivity index (χ2n) is 4.08. The van der Waals surface area contributed by atoms with E-state index in [0.717, 1.165) is 5.75 Å². The van der Waals surface area contributed by atoms with Crippen LogP contribution in [0, 0.1) is 0 Å². The summed E-state index contributed by atoms with van der Waals surface area (Å²) in [4.78, 5) is 25.8. The molecule has 108 valence electrons. The van der Waals surface area contributed by atoms with E-state index < -0.39 is 6.04 Å². The highest BCUT2D eigenvalue weighted by Gasteiger charge is 2.34. The fourth-order valence-electron chi connectivity index (χ4n) is 1.86. The smallest absolute Gasteiger partial charge is 0.329 e. The largest absolute Gasteiger partial charge is 0.464 e. The third-order valence-electron chi connectivity index (χ3n) is 2.80. The number of thioether (sulfide) groups is 1. The highest BCUT2D eigenvalue weighted by atomic mass is 35.5. The first-order valence-electron chi connectivity index (χ1n) is 6.18. The van der Waals surface area contributed by atoms with E-state index in [1.165, 1.54) is 17.0 Å². The van der Waals surface area contributed by atoms with Crippen LogP contribution in [0.3, 0.4) is 0 Å². The molecule has 1 unspecified atom stereocenters. The molecule has 1 fully saturated rings. The van der Waals surface area contributed by atoms with Gasteiger partial charge < -0.3 is 9.64 Å². The molecular weight excluding hydrogens is 302 g/mol. The van der Waals surface area contributed by atoms with Gasteiger partial charge in [0.1, 0.15) is 6.04 Å². The van der Waals surface area contributed by atoms with E-state index in [9.17, 15) is 9.59 Å². The van der Waals surface area contributed by atoms with Crippen molar-refractivity contribution in [1.29, 1.82) is 0 Å². The Hall–Kier alpha value is -1.34. The van der Waals surface area contributed by atoms with E-state index in [0.29, 0.717) is 18.9 Å². The van der Waals surface area contributed by atoms with Crippen molar-refractivity contribution in [2.75, 3.05) is 24.7 Å². The maximum Gasteiger partial charge on any atom is 0.329 e. The van der Waals surface area contributed by atoms with Crippen molar-refractivity contribution in [3.63, 3.8) is 0 Å². The predicted molar refractivity (Wildman–Crippen MR) is 75.8 cm³/mol. The predicted octanol–water partition coefficient (Wildman–Crippen LogP) is 1.25. The number of carbonyl (C=O) groups is 2. The van der Waals surface area contributed by atoms with Gasteiger partial charge in [-0.05, 0) is 19.1 Å². The Labute approximate surface area is 125 Å². The number of hydrogen-bond donors (Lipinski definition) is 0. The zero-order chi connectivity index (χ0) is 14.5. The fourth-order valence-corrected chi connectivity index (χ4v) is 2.99. The average Bonchev–Trinajstić information content (AvgIpc) is 2.47. The second-order valence-corrected chi connectivity index (χ2v) is 5.62. The average molecular weight is 316 g/mol. The lowest BCUT2D eigenvalue weighted by Crippen LogP contribution is -2.51. The van der Waals surface area contributed by atoms with Crippen LogP contribution < -0.4 is 0 Å². The first-order chi connectivity index (χ1) is 9.63. The van der Waals surface area contributed by atoms with E-state index in [-0.39, 0.29) is 22.7 Å². The van der Waals surface area contributed by atoms with Gasteiger partial charge >= 0.3 is 5.97 Å².